The van der Waals surface area contributed by atoms with Gasteiger partial charge in [0.15, 0.2) is 5.96 Å². The maximum atomic E-state index is 4.44. The summed E-state index contributed by atoms with van der Waals surface area (Å²) in [5.74, 6) is 0.910. The van der Waals surface area contributed by atoms with E-state index in [-0.39, 0.29) is 24.0 Å². The number of halogens is 1. The standard InChI is InChI=1S/C19H34N6S.HI/c1-20-19(21-13-16-15-23(2)10-11-24(16)3)22-14-17(18-7-6-12-26-18)25-8-4-5-9-25;/h6-7,12,16-17H,4-5,8-11,13-15H2,1-3H3,(H2,20,21,22);1H. The van der Waals surface area contributed by atoms with Crippen molar-refractivity contribution >= 4 is 41.3 Å². The lowest BCUT2D eigenvalue weighted by Gasteiger charge is -2.38. The topological polar surface area (TPSA) is 46.1 Å². The molecule has 2 N–H and O–H groups in total. The third kappa shape index (κ3) is 6.56. The van der Waals surface area contributed by atoms with E-state index in [4.69, 9.17) is 0 Å². The van der Waals surface area contributed by atoms with Gasteiger partial charge in [-0.15, -0.1) is 35.3 Å². The first kappa shape index (κ1) is 22.9. The molecular formula is C19H35IN6S. The summed E-state index contributed by atoms with van der Waals surface area (Å²) < 4.78 is 0. The van der Waals surface area contributed by atoms with Gasteiger partial charge in [0.1, 0.15) is 0 Å². The third-order valence-electron chi connectivity index (χ3n) is 5.62. The minimum absolute atomic E-state index is 0. The van der Waals surface area contributed by atoms with Crippen LogP contribution < -0.4 is 10.6 Å². The van der Waals surface area contributed by atoms with E-state index >= 15 is 0 Å². The monoisotopic (exact) mass is 506 g/mol. The minimum Gasteiger partial charge on any atom is -0.355 e. The van der Waals surface area contributed by atoms with Gasteiger partial charge >= 0.3 is 0 Å². The highest BCUT2D eigenvalue weighted by Gasteiger charge is 2.25. The summed E-state index contributed by atoms with van der Waals surface area (Å²) in [6.07, 6.45) is 2.63. The van der Waals surface area contributed by atoms with Crippen LogP contribution in [-0.4, -0.2) is 93.7 Å². The van der Waals surface area contributed by atoms with Crippen molar-refractivity contribution < 1.29 is 0 Å². The number of likely N-dealkylation sites (tertiary alicyclic amines) is 1. The van der Waals surface area contributed by atoms with Gasteiger partial charge in [-0.2, -0.15) is 0 Å². The van der Waals surface area contributed by atoms with Crippen LogP contribution in [-0.2, 0) is 0 Å². The van der Waals surface area contributed by atoms with Gasteiger partial charge in [0.25, 0.3) is 0 Å². The molecule has 2 aliphatic rings. The largest absolute Gasteiger partial charge is 0.355 e. The second-order valence-electron chi connectivity index (χ2n) is 7.50. The molecule has 0 bridgehead atoms. The zero-order valence-electron chi connectivity index (χ0n) is 16.9. The Kier molecular flexibility index (Phi) is 9.78. The Morgan fingerprint density at radius 2 is 2.00 bits per heavy atom. The molecular weight excluding hydrogens is 471 g/mol. The maximum absolute atomic E-state index is 4.44. The molecule has 0 saturated carbocycles. The molecule has 2 saturated heterocycles. The number of nitrogens with zero attached hydrogens (tertiary/aromatic N) is 4. The first-order chi connectivity index (χ1) is 12.7. The molecule has 8 heteroatoms. The lowest BCUT2D eigenvalue weighted by molar-refractivity contribution is 0.116. The van der Waals surface area contributed by atoms with E-state index in [9.17, 15) is 0 Å². The van der Waals surface area contributed by atoms with Crippen LogP contribution in [0.25, 0.3) is 0 Å². The van der Waals surface area contributed by atoms with Crippen molar-refractivity contribution in [3.8, 4) is 0 Å². The summed E-state index contributed by atoms with van der Waals surface area (Å²) in [5.41, 5.74) is 0. The molecule has 0 aromatic carbocycles. The Labute approximate surface area is 185 Å². The van der Waals surface area contributed by atoms with Crippen LogP contribution >= 0.6 is 35.3 Å². The van der Waals surface area contributed by atoms with Gasteiger partial charge in [0, 0.05) is 50.7 Å². The highest BCUT2D eigenvalue weighted by atomic mass is 127. The Morgan fingerprint density at radius 1 is 1.22 bits per heavy atom. The molecule has 2 atom stereocenters. The van der Waals surface area contributed by atoms with E-state index in [1.807, 2.05) is 18.4 Å². The van der Waals surface area contributed by atoms with Crippen molar-refractivity contribution in [2.24, 2.45) is 4.99 Å². The van der Waals surface area contributed by atoms with Crippen molar-refractivity contribution in [2.45, 2.75) is 24.9 Å². The molecule has 0 aliphatic carbocycles. The van der Waals surface area contributed by atoms with Crippen molar-refractivity contribution in [2.75, 3.05) is 67.0 Å². The molecule has 2 aliphatic heterocycles. The van der Waals surface area contributed by atoms with Gasteiger partial charge < -0.3 is 15.5 Å². The van der Waals surface area contributed by atoms with Crippen molar-refractivity contribution in [3.63, 3.8) is 0 Å². The van der Waals surface area contributed by atoms with Gasteiger partial charge in [-0.1, -0.05) is 6.07 Å². The zero-order valence-corrected chi connectivity index (χ0v) is 20.0. The van der Waals surface area contributed by atoms with Crippen molar-refractivity contribution in [3.05, 3.63) is 22.4 Å². The fraction of sp³-hybridized carbons (Fsp3) is 0.737. The van der Waals surface area contributed by atoms with E-state index in [0.29, 0.717) is 12.1 Å². The normalized spacial score (nSPS) is 23.8. The molecule has 2 unspecified atom stereocenters. The molecule has 154 valence electrons. The molecule has 27 heavy (non-hydrogen) atoms. The average molecular weight is 507 g/mol. The smallest absolute Gasteiger partial charge is 0.191 e. The lowest BCUT2D eigenvalue weighted by atomic mass is 10.2. The second-order valence-corrected chi connectivity index (χ2v) is 8.48. The summed E-state index contributed by atoms with van der Waals surface area (Å²) in [6, 6.07) is 5.39. The minimum atomic E-state index is 0. The Balaban J connectivity index is 0.00000261. The summed E-state index contributed by atoms with van der Waals surface area (Å²) in [5, 5.41) is 9.29. The van der Waals surface area contributed by atoms with Crippen molar-refractivity contribution in [1.82, 2.24) is 25.3 Å². The van der Waals surface area contributed by atoms with Gasteiger partial charge in [0.05, 0.1) is 6.04 Å². The Hall–Kier alpha value is -0.420. The molecule has 3 rings (SSSR count). The van der Waals surface area contributed by atoms with E-state index in [1.54, 1.807) is 0 Å². The Morgan fingerprint density at radius 3 is 2.67 bits per heavy atom. The van der Waals surface area contributed by atoms with E-state index < -0.39 is 0 Å². The van der Waals surface area contributed by atoms with Crippen LogP contribution in [0.3, 0.4) is 0 Å². The van der Waals surface area contributed by atoms with Crippen LogP contribution in [0.4, 0.5) is 0 Å². The molecule has 0 radical (unpaired) electrons. The predicted molar refractivity (Wildman–Crippen MR) is 127 cm³/mol. The summed E-state index contributed by atoms with van der Waals surface area (Å²) >= 11 is 1.86. The third-order valence-corrected chi connectivity index (χ3v) is 6.60. The molecule has 0 amide bonds. The average Bonchev–Trinajstić information content (AvgIpc) is 3.35. The van der Waals surface area contributed by atoms with Gasteiger partial charge in [-0.05, 0) is 51.5 Å². The highest BCUT2D eigenvalue weighted by Crippen LogP contribution is 2.27. The SMILES string of the molecule is CN=C(NCC1CN(C)CCN1C)NCC(c1cccs1)N1CCCC1.I. The molecule has 0 spiro atoms. The van der Waals surface area contributed by atoms with Crippen LogP contribution in [0.2, 0.25) is 0 Å². The number of aliphatic imine (C=N–C) groups is 1. The number of hydrogen-bond acceptors (Lipinski definition) is 5. The number of likely N-dealkylation sites (N-methyl/N-ethyl adjacent to an activating group) is 2. The molecule has 1 aromatic heterocycles. The quantitative estimate of drug-likeness (QED) is 0.351. The number of thiophene rings is 1. The van der Waals surface area contributed by atoms with Crippen LogP contribution in [0, 0.1) is 0 Å². The number of guanidine groups is 1. The van der Waals surface area contributed by atoms with Gasteiger partial charge in [-0.3, -0.25) is 14.8 Å². The lowest BCUT2D eigenvalue weighted by Crippen LogP contribution is -2.55. The van der Waals surface area contributed by atoms with Crippen molar-refractivity contribution in [1.29, 1.82) is 0 Å². The summed E-state index contributed by atoms with van der Waals surface area (Å²) in [4.78, 5) is 13.3. The summed E-state index contributed by atoms with van der Waals surface area (Å²) in [6.45, 7) is 7.62. The molecule has 3 heterocycles. The fourth-order valence-electron chi connectivity index (χ4n) is 3.89. The number of rotatable bonds is 6. The maximum Gasteiger partial charge on any atom is 0.191 e. The number of piperazine rings is 1. The van der Waals surface area contributed by atoms with Crippen LogP contribution in [0.15, 0.2) is 22.5 Å². The molecule has 6 nitrogen and oxygen atoms in total. The number of hydrogen-bond donors (Lipinski definition) is 2. The molecule has 1 aromatic rings. The van der Waals surface area contributed by atoms with E-state index in [1.165, 1.54) is 30.8 Å². The van der Waals surface area contributed by atoms with E-state index in [2.05, 4.69) is 61.9 Å². The number of nitrogens with one attached hydrogen (secondary N) is 2. The van der Waals surface area contributed by atoms with Crippen LogP contribution in [0.5, 0.6) is 0 Å². The van der Waals surface area contributed by atoms with E-state index in [0.717, 1.165) is 38.7 Å². The predicted octanol–water partition coefficient (Wildman–Crippen LogP) is 1.91. The molecule has 2 fully saturated rings. The van der Waals surface area contributed by atoms with Gasteiger partial charge in [-0.25, -0.2) is 0 Å². The first-order valence-corrected chi connectivity index (χ1v) is 10.7. The first-order valence-electron chi connectivity index (χ1n) is 9.78. The second kappa shape index (κ2) is 11.5. The fourth-order valence-corrected chi connectivity index (χ4v) is 4.75. The van der Waals surface area contributed by atoms with Crippen LogP contribution in [0.1, 0.15) is 23.8 Å². The summed E-state index contributed by atoms with van der Waals surface area (Å²) in [7, 11) is 6.28. The Bertz CT molecular complexity index is 561. The zero-order chi connectivity index (χ0) is 18.4. The van der Waals surface area contributed by atoms with Gasteiger partial charge in [0.2, 0.25) is 0 Å². The highest BCUT2D eigenvalue weighted by molar-refractivity contribution is 14.0.